The summed E-state index contributed by atoms with van der Waals surface area (Å²) in [6.07, 6.45) is 1.69. The van der Waals surface area contributed by atoms with Gasteiger partial charge in [-0.15, -0.1) is 0 Å². The van der Waals surface area contributed by atoms with Gasteiger partial charge in [0, 0.05) is 49.9 Å². The largest absolute Gasteiger partial charge is 0.493 e. The maximum absolute atomic E-state index is 13.2. The fraction of sp³-hybridized carbons (Fsp3) is 0.324. The zero-order valence-electron chi connectivity index (χ0n) is 26.3. The van der Waals surface area contributed by atoms with Crippen molar-refractivity contribution in [2.24, 2.45) is 5.16 Å². The molecule has 12 heteroatoms. The van der Waals surface area contributed by atoms with Crippen LogP contribution in [0.4, 0.5) is 0 Å². The maximum Gasteiger partial charge on any atom is 0.263 e. The topological polar surface area (TPSA) is 113 Å². The lowest BCUT2D eigenvalue weighted by molar-refractivity contribution is -0.137. The molecule has 0 bridgehead atoms. The summed E-state index contributed by atoms with van der Waals surface area (Å²) in [5.74, 6) is 3.62. The molecule has 6 rings (SSSR count). The van der Waals surface area contributed by atoms with Crippen LogP contribution >= 0.6 is 0 Å². The molecule has 3 aromatic carbocycles. The molecule has 4 aromatic rings. The molecule has 0 unspecified atom stereocenters. The Hall–Kier alpha value is -5.23. The first-order chi connectivity index (χ1) is 22.5. The van der Waals surface area contributed by atoms with Crippen molar-refractivity contribution in [2.45, 2.75) is 6.54 Å². The Balaban J connectivity index is 1.19. The van der Waals surface area contributed by atoms with Crippen LogP contribution in [0.5, 0.6) is 34.5 Å². The van der Waals surface area contributed by atoms with Crippen LogP contribution in [-0.4, -0.2) is 94.4 Å². The predicted molar refractivity (Wildman–Crippen MR) is 170 cm³/mol. The number of ether oxygens (including phenoxy) is 6. The van der Waals surface area contributed by atoms with E-state index in [1.165, 1.54) is 0 Å². The molecule has 240 valence electrons. The summed E-state index contributed by atoms with van der Waals surface area (Å²) in [6.45, 7) is 3.46. The fourth-order valence-electron chi connectivity index (χ4n) is 5.60. The van der Waals surface area contributed by atoms with Crippen LogP contribution in [0.2, 0.25) is 0 Å². The molecule has 1 aromatic heterocycles. The lowest BCUT2D eigenvalue weighted by Gasteiger charge is -2.34. The summed E-state index contributed by atoms with van der Waals surface area (Å²) < 4.78 is 33.0. The number of hydrogen-bond acceptors (Lipinski definition) is 11. The van der Waals surface area contributed by atoms with Crippen LogP contribution in [0.1, 0.15) is 16.8 Å². The van der Waals surface area contributed by atoms with Crippen LogP contribution < -0.4 is 28.4 Å². The van der Waals surface area contributed by atoms with E-state index < -0.39 is 0 Å². The molecule has 0 radical (unpaired) electrons. The second-order valence-electron chi connectivity index (χ2n) is 10.7. The van der Waals surface area contributed by atoms with Crippen LogP contribution in [-0.2, 0) is 16.2 Å². The zero-order chi connectivity index (χ0) is 32.0. The van der Waals surface area contributed by atoms with Gasteiger partial charge in [-0.25, -0.2) is 0 Å². The molecule has 1 fully saturated rings. The number of pyridine rings is 1. The smallest absolute Gasteiger partial charge is 0.263 e. The predicted octanol–water partition coefficient (Wildman–Crippen LogP) is 4.11. The lowest BCUT2D eigenvalue weighted by atomic mass is 10.0. The molecule has 1 amide bonds. The number of piperazine rings is 1. The van der Waals surface area contributed by atoms with Crippen molar-refractivity contribution < 1.29 is 38.1 Å². The number of aromatic nitrogens is 1. The zero-order valence-corrected chi connectivity index (χ0v) is 26.3. The fourth-order valence-corrected chi connectivity index (χ4v) is 5.60. The van der Waals surface area contributed by atoms with Gasteiger partial charge in [0.05, 0.1) is 28.4 Å². The van der Waals surface area contributed by atoms with Gasteiger partial charge < -0.3 is 38.2 Å². The average molecular weight is 629 g/mol. The normalized spacial score (nSPS) is 14.7. The minimum absolute atomic E-state index is 0.143. The highest BCUT2D eigenvalue weighted by Gasteiger charge is 2.23. The number of carbonyl (C=O) groups is 1. The quantitative estimate of drug-likeness (QED) is 0.178. The first kappa shape index (κ1) is 30.8. The van der Waals surface area contributed by atoms with Crippen molar-refractivity contribution >= 4 is 22.4 Å². The summed E-state index contributed by atoms with van der Waals surface area (Å²) in [4.78, 5) is 27.7. The molecule has 12 nitrogen and oxygen atoms in total. The Morgan fingerprint density at radius 2 is 1.52 bits per heavy atom. The van der Waals surface area contributed by atoms with E-state index in [1.807, 2.05) is 42.5 Å². The summed E-state index contributed by atoms with van der Waals surface area (Å²) in [7, 11) is 6.31. The number of nitrogens with zero attached hydrogens (tertiary/aromatic N) is 4. The minimum Gasteiger partial charge on any atom is -0.493 e. The highest BCUT2D eigenvalue weighted by molar-refractivity contribution is 6.18. The molecule has 0 aliphatic carbocycles. The number of benzene rings is 3. The molecule has 3 heterocycles. The molecule has 0 spiro atoms. The molecule has 0 saturated carbocycles. The summed E-state index contributed by atoms with van der Waals surface area (Å²) >= 11 is 0. The molecule has 1 saturated heterocycles. The van der Waals surface area contributed by atoms with Crippen LogP contribution in [0, 0.1) is 0 Å². The van der Waals surface area contributed by atoms with Gasteiger partial charge in [-0.3, -0.25) is 14.7 Å². The molecule has 0 N–H and O–H groups in total. The van der Waals surface area contributed by atoms with E-state index in [4.69, 9.17) is 33.3 Å². The van der Waals surface area contributed by atoms with E-state index in [-0.39, 0.29) is 19.3 Å². The van der Waals surface area contributed by atoms with Crippen molar-refractivity contribution in [3.8, 4) is 34.5 Å². The van der Waals surface area contributed by atoms with E-state index in [0.717, 1.165) is 47.5 Å². The van der Waals surface area contributed by atoms with Crippen LogP contribution in [0.25, 0.3) is 10.8 Å². The van der Waals surface area contributed by atoms with Crippen molar-refractivity contribution in [1.29, 1.82) is 0 Å². The summed E-state index contributed by atoms with van der Waals surface area (Å²) in [5, 5.41) is 6.12. The maximum atomic E-state index is 13.2. The summed E-state index contributed by atoms with van der Waals surface area (Å²) in [6, 6.07) is 17.0. The number of amides is 1. The van der Waals surface area contributed by atoms with Crippen molar-refractivity contribution in [1.82, 2.24) is 14.8 Å². The molecule has 2 aliphatic heterocycles. The third kappa shape index (κ3) is 6.43. The van der Waals surface area contributed by atoms with E-state index >= 15 is 0 Å². The van der Waals surface area contributed by atoms with Gasteiger partial charge in [0.2, 0.25) is 6.79 Å². The Bertz CT molecular complexity index is 1750. The monoisotopic (exact) mass is 628 g/mol. The minimum atomic E-state index is -0.221. The molecule has 2 aliphatic rings. The van der Waals surface area contributed by atoms with Crippen LogP contribution in [0.3, 0.4) is 0 Å². The average Bonchev–Trinajstić information content (AvgIpc) is 3.57. The van der Waals surface area contributed by atoms with Gasteiger partial charge in [0.1, 0.15) is 11.4 Å². The summed E-state index contributed by atoms with van der Waals surface area (Å²) in [5.41, 5.74) is 2.76. The molecule has 0 atom stereocenters. The van der Waals surface area contributed by atoms with Gasteiger partial charge in [0.15, 0.2) is 41.1 Å². The van der Waals surface area contributed by atoms with E-state index in [2.05, 4.69) is 15.0 Å². The van der Waals surface area contributed by atoms with Crippen molar-refractivity contribution in [3.05, 3.63) is 77.6 Å². The van der Waals surface area contributed by atoms with Gasteiger partial charge in [-0.2, -0.15) is 0 Å². The number of methoxy groups -OCH3 is 4. The second-order valence-corrected chi connectivity index (χ2v) is 10.7. The molecule has 46 heavy (non-hydrogen) atoms. The highest BCUT2D eigenvalue weighted by atomic mass is 16.7. The van der Waals surface area contributed by atoms with Gasteiger partial charge in [-0.05, 0) is 59.5 Å². The first-order valence-electron chi connectivity index (χ1n) is 14.8. The molecular formula is C34H36N4O8. The number of oxime groups is 1. The standard InChI is InChI=1S/C34H36N4O8/c1-40-26-8-6-24(17-28(26)41-2)33(34-25-18-30(43-4)29(42-3)16-23(25)9-10-35-34)36-46-20-32(39)38-13-11-37(12-14-38)19-22-5-7-27-31(15-22)45-21-44-27/h5-10,15-18H,11-14,19-21H2,1-4H3/b36-33+. The van der Waals surface area contributed by atoms with Crippen molar-refractivity contribution in [2.75, 3.05) is 68.0 Å². The highest BCUT2D eigenvalue weighted by Crippen LogP contribution is 2.35. The second kappa shape index (κ2) is 13.8. The van der Waals surface area contributed by atoms with Gasteiger partial charge in [-0.1, -0.05) is 11.2 Å². The van der Waals surface area contributed by atoms with Crippen molar-refractivity contribution in [3.63, 3.8) is 0 Å². The number of carbonyl (C=O) groups excluding carboxylic acids is 1. The molecular weight excluding hydrogens is 592 g/mol. The van der Waals surface area contributed by atoms with E-state index in [1.54, 1.807) is 51.7 Å². The first-order valence-corrected chi connectivity index (χ1v) is 14.8. The number of hydrogen-bond donors (Lipinski definition) is 0. The third-order valence-electron chi connectivity index (χ3n) is 8.06. The van der Waals surface area contributed by atoms with Gasteiger partial charge in [0.25, 0.3) is 5.91 Å². The van der Waals surface area contributed by atoms with E-state index in [9.17, 15) is 4.79 Å². The Morgan fingerprint density at radius 3 is 2.28 bits per heavy atom. The number of fused-ring (bicyclic) bond motifs is 2. The van der Waals surface area contributed by atoms with E-state index in [0.29, 0.717) is 53.1 Å². The van der Waals surface area contributed by atoms with Gasteiger partial charge >= 0.3 is 0 Å². The SMILES string of the molecule is COc1ccc(/C(=N\OCC(=O)N2CCN(Cc3ccc4c(c3)OCO4)CC2)c2nccc3cc(OC)c(OC)cc23)cc1OC. The Morgan fingerprint density at radius 1 is 0.804 bits per heavy atom. The Kier molecular flexibility index (Phi) is 9.25. The Labute approximate surface area is 267 Å². The van der Waals surface area contributed by atoms with Crippen LogP contribution in [0.15, 0.2) is 65.9 Å². The third-order valence-corrected chi connectivity index (χ3v) is 8.06. The lowest BCUT2D eigenvalue weighted by Crippen LogP contribution is -2.49. The number of rotatable bonds is 11.